The second-order valence-corrected chi connectivity index (χ2v) is 3.99. The second-order valence-electron chi connectivity index (χ2n) is 3.99. The van der Waals surface area contributed by atoms with Crippen molar-refractivity contribution in [2.45, 2.75) is 33.4 Å². The van der Waals surface area contributed by atoms with Crippen LogP contribution in [0.15, 0.2) is 18.7 Å². The zero-order valence-electron chi connectivity index (χ0n) is 10.9. The minimum Gasteiger partial charge on any atom is -0.342 e. The molecule has 0 saturated carbocycles. The van der Waals surface area contributed by atoms with Gasteiger partial charge in [0.2, 0.25) is 5.91 Å². The van der Waals surface area contributed by atoms with Crippen molar-refractivity contribution in [2.75, 3.05) is 19.6 Å². The molecule has 0 aliphatic carbocycles. The van der Waals surface area contributed by atoms with Gasteiger partial charge in [-0.15, -0.1) is 0 Å². The van der Waals surface area contributed by atoms with Crippen LogP contribution in [0.2, 0.25) is 0 Å². The van der Waals surface area contributed by atoms with E-state index in [9.17, 15) is 4.79 Å². The van der Waals surface area contributed by atoms with Crippen molar-refractivity contribution in [3.05, 3.63) is 18.7 Å². The Kier molecular flexibility index (Phi) is 5.69. The summed E-state index contributed by atoms with van der Waals surface area (Å²) in [4.78, 5) is 17.8. The summed E-state index contributed by atoms with van der Waals surface area (Å²) in [5, 5.41) is 3.23. The predicted octanol–water partition coefficient (Wildman–Crippen LogP) is 0.730. The lowest BCUT2D eigenvalue weighted by Gasteiger charge is -2.23. The molecule has 0 aromatic carbocycles. The highest BCUT2D eigenvalue weighted by Gasteiger charge is 2.16. The Hall–Kier alpha value is -1.36. The summed E-state index contributed by atoms with van der Waals surface area (Å²) in [5.74, 6) is 0.167. The third-order valence-corrected chi connectivity index (χ3v) is 2.83. The zero-order chi connectivity index (χ0) is 12.7. The Bertz CT molecular complexity index is 319. The lowest BCUT2D eigenvalue weighted by atomic mass is 10.3. The molecular weight excluding hydrogens is 216 g/mol. The molecule has 1 unspecified atom stereocenters. The number of carbonyl (C=O) groups excluding carboxylic acids is 1. The third-order valence-electron chi connectivity index (χ3n) is 2.83. The maximum absolute atomic E-state index is 11.9. The molecule has 0 fully saturated rings. The van der Waals surface area contributed by atoms with Gasteiger partial charge >= 0.3 is 0 Å². The van der Waals surface area contributed by atoms with Gasteiger partial charge in [0, 0.05) is 38.6 Å². The Labute approximate surface area is 103 Å². The van der Waals surface area contributed by atoms with E-state index in [1.165, 1.54) is 0 Å². The third kappa shape index (κ3) is 4.19. The number of rotatable bonds is 7. The lowest BCUT2D eigenvalue weighted by Crippen LogP contribution is -2.45. The summed E-state index contributed by atoms with van der Waals surface area (Å²) >= 11 is 0. The van der Waals surface area contributed by atoms with Gasteiger partial charge in [-0.25, -0.2) is 4.98 Å². The van der Waals surface area contributed by atoms with Crippen molar-refractivity contribution in [1.29, 1.82) is 0 Å². The normalized spacial score (nSPS) is 12.4. The summed E-state index contributed by atoms with van der Waals surface area (Å²) in [7, 11) is 0. The number of nitrogens with one attached hydrogen (secondary N) is 1. The molecule has 1 rings (SSSR count). The van der Waals surface area contributed by atoms with Crippen LogP contribution < -0.4 is 5.32 Å². The summed E-state index contributed by atoms with van der Waals surface area (Å²) in [6.07, 6.45) is 5.45. The number of hydrogen-bond donors (Lipinski definition) is 1. The van der Waals surface area contributed by atoms with Gasteiger partial charge in [0.15, 0.2) is 0 Å². The van der Waals surface area contributed by atoms with Crippen LogP contribution in [0.3, 0.4) is 0 Å². The number of hydrogen-bond acceptors (Lipinski definition) is 3. The van der Waals surface area contributed by atoms with Crippen LogP contribution >= 0.6 is 0 Å². The first-order valence-corrected chi connectivity index (χ1v) is 6.17. The van der Waals surface area contributed by atoms with E-state index < -0.39 is 0 Å². The Morgan fingerprint density at radius 1 is 1.47 bits per heavy atom. The number of amides is 1. The van der Waals surface area contributed by atoms with Gasteiger partial charge in [0.05, 0.1) is 12.4 Å². The monoisotopic (exact) mass is 238 g/mol. The van der Waals surface area contributed by atoms with E-state index >= 15 is 0 Å². The van der Waals surface area contributed by atoms with Gasteiger partial charge in [-0.2, -0.15) is 0 Å². The van der Waals surface area contributed by atoms with Gasteiger partial charge in [0.1, 0.15) is 0 Å². The highest BCUT2D eigenvalue weighted by molar-refractivity contribution is 5.81. The molecule has 1 N–H and O–H groups in total. The van der Waals surface area contributed by atoms with Crippen LogP contribution in [0.25, 0.3) is 0 Å². The Balaban J connectivity index is 2.28. The highest BCUT2D eigenvalue weighted by Crippen LogP contribution is 1.94. The van der Waals surface area contributed by atoms with Crippen LogP contribution in [-0.4, -0.2) is 46.0 Å². The first kappa shape index (κ1) is 13.7. The molecule has 0 bridgehead atoms. The quantitative estimate of drug-likeness (QED) is 0.762. The Morgan fingerprint density at radius 2 is 2.18 bits per heavy atom. The highest BCUT2D eigenvalue weighted by atomic mass is 16.2. The van der Waals surface area contributed by atoms with Crippen LogP contribution in [-0.2, 0) is 11.3 Å². The van der Waals surface area contributed by atoms with Crippen LogP contribution in [0.1, 0.15) is 20.8 Å². The van der Waals surface area contributed by atoms with Crippen molar-refractivity contribution >= 4 is 5.91 Å². The van der Waals surface area contributed by atoms with E-state index in [0.29, 0.717) is 0 Å². The fourth-order valence-electron chi connectivity index (χ4n) is 1.73. The molecule has 0 radical (unpaired) electrons. The number of likely N-dealkylation sites (N-methyl/N-ethyl adjacent to an activating group) is 1. The van der Waals surface area contributed by atoms with Gasteiger partial charge in [-0.1, -0.05) is 0 Å². The molecule has 17 heavy (non-hydrogen) atoms. The molecule has 1 amide bonds. The minimum absolute atomic E-state index is 0.126. The molecule has 1 aromatic rings. The molecule has 5 nitrogen and oxygen atoms in total. The lowest BCUT2D eigenvalue weighted by molar-refractivity contribution is -0.132. The summed E-state index contributed by atoms with van der Waals surface area (Å²) < 4.78 is 1.99. The van der Waals surface area contributed by atoms with Crippen LogP contribution in [0.4, 0.5) is 0 Å². The fourth-order valence-corrected chi connectivity index (χ4v) is 1.73. The second kappa shape index (κ2) is 7.06. The van der Waals surface area contributed by atoms with Crippen LogP contribution in [0, 0.1) is 0 Å². The van der Waals surface area contributed by atoms with E-state index in [4.69, 9.17) is 0 Å². The number of nitrogens with zero attached hydrogens (tertiary/aromatic N) is 3. The van der Waals surface area contributed by atoms with E-state index in [2.05, 4.69) is 10.3 Å². The van der Waals surface area contributed by atoms with Crippen molar-refractivity contribution in [3.8, 4) is 0 Å². The number of imidazole rings is 1. The van der Waals surface area contributed by atoms with E-state index in [1.807, 2.05) is 36.4 Å². The maximum Gasteiger partial charge on any atom is 0.239 e. The first-order chi connectivity index (χ1) is 8.19. The van der Waals surface area contributed by atoms with E-state index in [0.717, 1.165) is 26.2 Å². The molecular formula is C12H22N4O. The molecule has 1 heterocycles. The largest absolute Gasteiger partial charge is 0.342 e. The van der Waals surface area contributed by atoms with Gasteiger partial charge in [-0.3, -0.25) is 4.79 Å². The topological polar surface area (TPSA) is 50.2 Å². The average molecular weight is 238 g/mol. The first-order valence-electron chi connectivity index (χ1n) is 6.17. The van der Waals surface area contributed by atoms with Gasteiger partial charge < -0.3 is 14.8 Å². The van der Waals surface area contributed by atoms with Gasteiger partial charge in [0.25, 0.3) is 0 Å². The molecule has 5 heteroatoms. The van der Waals surface area contributed by atoms with E-state index in [1.54, 1.807) is 12.5 Å². The fraction of sp³-hybridized carbons (Fsp3) is 0.667. The minimum atomic E-state index is -0.126. The molecule has 1 aromatic heterocycles. The average Bonchev–Trinajstić information content (AvgIpc) is 2.83. The maximum atomic E-state index is 11.9. The van der Waals surface area contributed by atoms with Crippen molar-refractivity contribution < 1.29 is 4.79 Å². The molecule has 0 aliphatic heterocycles. The van der Waals surface area contributed by atoms with Crippen molar-refractivity contribution in [3.63, 3.8) is 0 Å². The SMILES string of the molecule is CCN(CC)C(=O)C(C)NCCn1ccnc1. The van der Waals surface area contributed by atoms with Crippen molar-refractivity contribution in [1.82, 2.24) is 19.8 Å². The van der Waals surface area contributed by atoms with Crippen molar-refractivity contribution in [2.24, 2.45) is 0 Å². The molecule has 0 aliphatic rings. The van der Waals surface area contributed by atoms with E-state index in [-0.39, 0.29) is 11.9 Å². The number of aromatic nitrogens is 2. The molecule has 0 spiro atoms. The molecule has 0 saturated heterocycles. The molecule has 96 valence electrons. The predicted molar refractivity (Wildman–Crippen MR) is 67.6 cm³/mol. The number of carbonyl (C=O) groups is 1. The summed E-state index contributed by atoms with van der Waals surface area (Å²) in [5.41, 5.74) is 0. The molecule has 1 atom stereocenters. The Morgan fingerprint density at radius 3 is 2.71 bits per heavy atom. The summed E-state index contributed by atoms with van der Waals surface area (Å²) in [6.45, 7) is 9.04. The smallest absolute Gasteiger partial charge is 0.239 e. The summed E-state index contributed by atoms with van der Waals surface area (Å²) in [6, 6.07) is -0.126. The van der Waals surface area contributed by atoms with Gasteiger partial charge in [-0.05, 0) is 20.8 Å². The zero-order valence-corrected chi connectivity index (χ0v) is 10.9. The standard InChI is InChI=1S/C12H22N4O/c1-4-16(5-2)12(17)11(3)14-7-9-15-8-6-13-10-15/h6,8,10-11,14H,4-5,7,9H2,1-3H3. The van der Waals surface area contributed by atoms with Crippen LogP contribution in [0.5, 0.6) is 0 Å².